The van der Waals surface area contributed by atoms with E-state index >= 15 is 0 Å². The molecule has 1 saturated heterocycles. The van der Waals surface area contributed by atoms with Gasteiger partial charge in [0, 0.05) is 13.1 Å². The fraction of sp³-hybridized carbons (Fsp3) is 0.750. The highest BCUT2D eigenvalue weighted by Gasteiger charge is 2.39. The van der Waals surface area contributed by atoms with E-state index in [1.54, 1.807) is 13.2 Å². The number of nitrogens with one attached hydrogen (secondary N) is 1. The van der Waals surface area contributed by atoms with E-state index in [-0.39, 0.29) is 17.9 Å². The molecule has 16 heavy (non-hydrogen) atoms. The molecule has 4 heteroatoms. The minimum atomic E-state index is 0.0277. The molecule has 1 heterocycles. The van der Waals surface area contributed by atoms with Gasteiger partial charge in [-0.2, -0.15) is 5.48 Å². The first-order valence-corrected chi connectivity index (χ1v) is 5.78. The van der Waals surface area contributed by atoms with Crippen molar-refractivity contribution in [2.24, 2.45) is 11.8 Å². The van der Waals surface area contributed by atoms with Crippen LogP contribution >= 0.6 is 0 Å². The third-order valence-corrected chi connectivity index (χ3v) is 2.88. The number of likely N-dealkylation sites (tertiary alicyclic amines) is 1. The standard InChI is InChI=1S/C12H22N2O2/c1-5-6-14-8-11(13-16-4)10(12(14)15)7-9(2)3/h5,9-11,13H,1,6-8H2,2-4H3. The minimum Gasteiger partial charge on any atom is -0.337 e. The second-order valence-corrected chi connectivity index (χ2v) is 4.70. The molecule has 0 spiro atoms. The topological polar surface area (TPSA) is 41.6 Å². The van der Waals surface area contributed by atoms with Crippen LogP contribution in [-0.2, 0) is 9.63 Å². The van der Waals surface area contributed by atoms with Gasteiger partial charge in [-0.15, -0.1) is 6.58 Å². The molecule has 1 fully saturated rings. The van der Waals surface area contributed by atoms with Crippen molar-refractivity contribution >= 4 is 5.91 Å². The third kappa shape index (κ3) is 3.06. The van der Waals surface area contributed by atoms with E-state index in [2.05, 4.69) is 25.9 Å². The third-order valence-electron chi connectivity index (χ3n) is 2.88. The van der Waals surface area contributed by atoms with Crippen LogP contribution in [0.3, 0.4) is 0 Å². The van der Waals surface area contributed by atoms with E-state index in [1.165, 1.54) is 0 Å². The van der Waals surface area contributed by atoms with Gasteiger partial charge >= 0.3 is 0 Å². The number of hydrogen-bond donors (Lipinski definition) is 1. The number of rotatable bonds is 6. The van der Waals surface area contributed by atoms with Crippen molar-refractivity contribution in [3.8, 4) is 0 Å². The Morgan fingerprint density at radius 2 is 2.38 bits per heavy atom. The summed E-state index contributed by atoms with van der Waals surface area (Å²) in [6.45, 7) is 9.26. The summed E-state index contributed by atoms with van der Waals surface area (Å²) in [6.07, 6.45) is 2.66. The van der Waals surface area contributed by atoms with E-state index < -0.39 is 0 Å². The Morgan fingerprint density at radius 1 is 1.69 bits per heavy atom. The Bertz CT molecular complexity index is 253. The Balaban J connectivity index is 2.67. The molecule has 1 rings (SSSR count). The molecule has 2 atom stereocenters. The lowest BCUT2D eigenvalue weighted by Gasteiger charge is -2.18. The summed E-state index contributed by atoms with van der Waals surface area (Å²) < 4.78 is 0. The molecule has 92 valence electrons. The SMILES string of the molecule is C=CCN1CC(NOC)C(CC(C)C)C1=O. The second-order valence-electron chi connectivity index (χ2n) is 4.70. The lowest BCUT2D eigenvalue weighted by molar-refractivity contribution is -0.131. The predicted octanol–water partition coefficient (Wildman–Crippen LogP) is 1.20. The van der Waals surface area contributed by atoms with Crippen LogP contribution in [0.5, 0.6) is 0 Å². The largest absolute Gasteiger partial charge is 0.337 e. The van der Waals surface area contributed by atoms with Gasteiger partial charge in [0.15, 0.2) is 0 Å². The minimum absolute atomic E-state index is 0.0277. The zero-order valence-electron chi connectivity index (χ0n) is 10.4. The van der Waals surface area contributed by atoms with E-state index in [0.717, 1.165) is 6.42 Å². The number of nitrogens with zero attached hydrogens (tertiary/aromatic N) is 1. The van der Waals surface area contributed by atoms with Gasteiger partial charge in [0.2, 0.25) is 5.91 Å². The molecule has 1 aliphatic heterocycles. The van der Waals surface area contributed by atoms with Gasteiger partial charge in [-0.05, 0) is 12.3 Å². The predicted molar refractivity (Wildman–Crippen MR) is 63.7 cm³/mol. The van der Waals surface area contributed by atoms with Crippen molar-refractivity contribution in [2.45, 2.75) is 26.3 Å². The van der Waals surface area contributed by atoms with Crippen molar-refractivity contribution in [1.29, 1.82) is 0 Å². The summed E-state index contributed by atoms with van der Waals surface area (Å²) in [5.41, 5.74) is 2.92. The van der Waals surface area contributed by atoms with Crippen LogP contribution < -0.4 is 5.48 Å². The van der Waals surface area contributed by atoms with Crippen molar-refractivity contribution in [1.82, 2.24) is 10.4 Å². The molecule has 0 aromatic heterocycles. The van der Waals surface area contributed by atoms with Gasteiger partial charge in [0.1, 0.15) is 0 Å². The Kier molecular flexibility index (Phi) is 4.96. The van der Waals surface area contributed by atoms with Crippen LogP contribution in [0.25, 0.3) is 0 Å². The molecular formula is C12H22N2O2. The number of carbonyl (C=O) groups is 1. The molecule has 0 aromatic rings. The summed E-state index contributed by atoms with van der Waals surface area (Å²) in [4.78, 5) is 18.9. The highest BCUT2D eigenvalue weighted by atomic mass is 16.6. The van der Waals surface area contributed by atoms with Crippen LogP contribution in [0.15, 0.2) is 12.7 Å². The molecule has 0 bridgehead atoms. The second kappa shape index (κ2) is 6.01. The van der Waals surface area contributed by atoms with E-state index in [4.69, 9.17) is 4.84 Å². The first kappa shape index (κ1) is 13.2. The fourth-order valence-electron chi connectivity index (χ4n) is 2.23. The number of carbonyl (C=O) groups excluding carboxylic acids is 1. The van der Waals surface area contributed by atoms with Crippen molar-refractivity contribution in [3.05, 3.63) is 12.7 Å². The first-order valence-electron chi connectivity index (χ1n) is 5.78. The molecule has 4 nitrogen and oxygen atoms in total. The van der Waals surface area contributed by atoms with Gasteiger partial charge < -0.3 is 9.74 Å². The molecule has 0 aliphatic carbocycles. The van der Waals surface area contributed by atoms with Crippen LogP contribution in [0.2, 0.25) is 0 Å². The maximum atomic E-state index is 12.1. The molecular weight excluding hydrogens is 204 g/mol. The highest BCUT2D eigenvalue weighted by molar-refractivity contribution is 5.82. The van der Waals surface area contributed by atoms with Crippen molar-refractivity contribution in [3.63, 3.8) is 0 Å². The monoisotopic (exact) mass is 226 g/mol. The average Bonchev–Trinajstić information content (AvgIpc) is 2.47. The fourth-order valence-corrected chi connectivity index (χ4v) is 2.23. The molecule has 0 aromatic carbocycles. The molecule has 1 aliphatic rings. The average molecular weight is 226 g/mol. The van der Waals surface area contributed by atoms with Crippen LogP contribution in [-0.4, -0.2) is 37.0 Å². The number of hydrogen-bond acceptors (Lipinski definition) is 3. The lowest BCUT2D eigenvalue weighted by atomic mass is 9.93. The smallest absolute Gasteiger partial charge is 0.227 e. The highest BCUT2D eigenvalue weighted by Crippen LogP contribution is 2.25. The first-order chi connectivity index (χ1) is 7.60. The van der Waals surface area contributed by atoms with Crippen LogP contribution in [0.4, 0.5) is 0 Å². The lowest BCUT2D eigenvalue weighted by Crippen LogP contribution is -2.36. The van der Waals surface area contributed by atoms with Gasteiger partial charge in [-0.25, -0.2) is 0 Å². The summed E-state index contributed by atoms with van der Waals surface area (Å²) in [6, 6.07) is 0.0971. The maximum Gasteiger partial charge on any atom is 0.227 e. The number of amides is 1. The Labute approximate surface area is 97.6 Å². The maximum absolute atomic E-state index is 12.1. The Morgan fingerprint density at radius 3 is 2.88 bits per heavy atom. The zero-order chi connectivity index (χ0) is 12.1. The van der Waals surface area contributed by atoms with Gasteiger partial charge in [0.25, 0.3) is 0 Å². The van der Waals surface area contributed by atoms with E-state index in [0.29, 0.717) is 19.0 Å². The molecule has 0 saturated carbocycles. The van der Waals surface area contributed by atoms with Gasteiger partial charge in [-0.3, -0.25) is 4.79 Å². The van der Waals surface area contributed by atoms with Gasteiger partial charge in [-0.1, -0.05) is 19.9 Å². The van der Waals surface area contributed by atoms with E-state index in [1.807, 2.05) is 4.90 Å². The summed E-state index contributed by atoms with van der Waals surface area (Å²) in [5.74, 6) is 0.752. The number of hydroxylamine groups is 1. The van der Waals surface area contributed by atoms with Crippen LogP contribution in [0, 0.1) is 11.8 Å². The summed E-state index contributed by atoms with van der Waals surface area (Å²) in [5, 5.41) is 0. The summed E-state index contributed by atoms with van der Waals surface area (Å²) in [7, 11) is 1.59. The van der Waals surface area contributed by atoms with Gasteiger partial charge in [0.05, 0.1) is 19.1 Å². The van der Waals surface area contributed by atoms with Crippen molar-refractivity contribution < 1.29 is 9.63 Å². The Hall–Kier alpha value is -0.870. The molecule has 1 amide bonds. The zero-order valence-corrected chi connectivity index (χ0v) is 10.4. The molecule has 0 radical (unpaired) electrons. The van der Waals surface area contributed by atoms with E-state index in [9.17, 15) is 4.79 Å². The molecule has 1 N–H and O–H groups in total. The molecule has 2 unspecified atom stereocenters. The van der Waals surface area contributed by atoms with Crippen LogP contribution in [0.1, 0.15) is 20.3 Å². The normalized spacial score (nSPS) is 25.5. The van der Waals surface area contributed by atoms with Crippen molar-refractivity contribution in [2.75, 3.05) is 20.2 Å². The summed E-state index contributed by atoms with van der Waals surface area (Å²) >= 11 is 0. The quantitative estimate of drug-likeness (QED) is 0.546.